The van der Waals surface area contributed by atoms with Crippen molar-refractivity contribution in [3.63, 3.8) is 0 Å². The van der Waals surface area contributed by atoms with Crippen molar-refractivity contribution in [2.75, 3.05) is 20.2 Å². The molecule has 122 valence electrons. The number of piperidine rings is 1. The quantitative estimate of drug-likeness (QED) is 0.927. The van der Waals surface area contributed by atoms with Crippen LogP contribution in [0.3, 0.4) is 0 Å². The number of hydrogen-bond acceptors (Lipinski definition) is 3. The van der Waals surface area contributed by atoms with Crippen molar-refractivity contribution in [1.29, 1.82) is 0 Å². The Kier molecular flexibility index (Phi) is 5.12. The molecule has 1 fully saturated rings. The summed E-state index contributed by atoms with van der Waals surface area (Å²) in [5.41, 5.74) is 2.52. The third-order valence-electron chi connectivity index (χ3n) is 4.41. The van der Waals surface area contributed by atoms with E-state index >= 15 is 0 Å². The van der Waals surface area contributed by atoms with Crippen LogP contribution >= 0.6 is 0 Å². The van der Waals surface area contributed by atoms with Crippen LogP contribution in [-0.2, 0) is 16.8 Å². The van der Waals surface area contributed by atoms with Crippen LogP contribution in [0, 0.1) is 5.92 Å². The van der Waals surface area contributed by atoms with Crippen molar-refractivity contribution in [1.82, 2.24) is 4.90 Å². The van der Waals surface area contributed by atoms with Gasteiger partial charge in [-0.1, -0.05) is 32.9 Å². The minimum Gasteiger partial charge on any atom is -0.496 e. The minimum atomic E-state index is -0.654. The van der Waals surface area contributed by atoms with Gasteiger partial charge in [0, 0.05) is 6.54 Å². The second kappa shape index (κ2) is 6.69. The number of aliphatic carboxylic acids is 1. The van der Waals surface area contributed by atoms with E-state index in [1.54, 1.807) is 7.11 Å². The number of nitrogens with zero attached hydrogens (tertiary/aromatic N) is 1. The molecule has 1 aliphatic heterocycles. The highest BCUT2D eigenvalue weighted by Gasteiger charge is 2.25. The van der Waals surface area contributed by atoms with E-state index in [4.69, 9.17) is 9.84 Å². The predicted octanol–water partition coefficient (Wildman–Crippen LogP) is 3.29. The van der Waals surface area contributed by atoms with Gasteiger partial charge < -0.3 is 9.84 Å². The summed E-state index contributed by atoms with van der Waals surface area (Å²) in [6, 6.07) is 6.37. The number of carboxylic acids is 1. The van der Waals surface area contributed by atoms with Crippen LogP contribution in [0.4, 0.5) is 0 Å². The standard InChI is InChI=1S/C18H27NO3/c1-18(2,3)15-11-13(5-6-16(15)22-4)12-19-9-7-14(8-10-19)17(20)21/h5-6,11,14H,7-10,12H2,1-4H3,(H,20,21). The molecule has 0 aliphatic carbocycles. The number of methoxy groups -OCH3 is 1. The Bertz CT molecular complexity index is 526. The second-order valence-corrected chi connectivity index (χ2v) is 7.17. The van der Waals surface area contributed by atoms with Crippen LogP contribution in [0.1, 0.15) is 44.7 Å². The second-order valence-electron chi connectivity index (χ2n) is 7.17. The van der Waals surface area contributed by atoms with Gasteiger partial charge in [-0.05, 0) is 48.5 Å². The van der Waals surface area contributed by atoms with Crippen LogP contribution in [0.2, 0.25) is 0 Å². The lowest BCUT2D eigenvalue weighted by Gasteiger charge is -2.30. The molecule has 1 saturated heterocycles. The number of carboxylic acid groups (broad SMARTS) is 1. The van der Waals surface area contributed by atoms with Crippen molar-refractivity contribution in [2.24, 2.45) is 5.92 Å². The Balaban J connectivity index is 2.06. The van der Waals surface area contributed by atoms with Gasteiger partial charge in [-0.25, -0.2) is 0 Å². The van der Waals surface area contributed by atoms with Crippen molar-refractivity contribution in [2.45, 2.75) is 45.6 Å². The zero-order valence-electron chi connectivity index (χ0n) is 14.1. The van der Waals surface area contributed by atoms with E-state index in [2.05, 4.69) is 37.8 Å². The fraction of sp³-hybridized carbons (Fsp3) is 0.611. The lowest BCUT2D eigenvalue weighted by atomic mass is 9.85. The number of likely N-dealkylation sites (tertiary alicyclic amines) is 1. The zero-order valence-corrected chi connectivity index (χ0v) is 14.1. The van der Waals surface area contributed by atoms with Gasteiger partial charge in [0.1, 0.15) is 5.75 Å². The highest BCUT2D eigenvalue weighted by atomic mass is 16.5. The SMILES string of the molecule is COc1ccc(CN2CCC(C(=O)O)CC2)cc1C(C)(C)C. The summed E-state index contributed by atoms with van der Waals surface area (Å²) >= 11 is 0. The van der Waals surface area contributed by atoms with Crippen LogP contribution < -0.4 is 4.74 Å². The summed E-state index contributed by atoms with van der Waals surface area (Å²) in [6.45, 7) is 9.15. The summed E-state index contributed by atoms with van der Waals surface area (Å²) in [5.74, 6) is 0.109. The number of benzene rings is 1. The molecule has 1 aromatic rings. The van der Waals surface area contributed by atoms with Gasteiger partial charge in [-0.15, -0.1) is 0 Å². The van der Waals surface area contributed by atoms with E-state index in [-0.39, 0.29) is 11.3 Å². The average Bonchev–Trinajstić information content (AvgIpc) is 2.47. The summed E-state index contributed by atoms with van der Waals surface area (Å²) in [7, 11) is 1.71. The van der Waals surface area contributed by atoms with Gasteiger partial charge >= 0.3 is 5.97 Å². The first-order valence-electron chi connectivity index (χ1n) is 7.94. The summed E-state index contributed by atoms with van der Waals surface area (Å²) in [4.78, 5) is 13.4. The maximum absolute atomic E-state index is 11.0. The Hall–Kier alpha value is -1.55. The number of ether oxygens (including phenoxy) is 1. The maximum atomic E-state index is 11.0. The van der Waals surface area contributed by atoms with Crippen molar-refractivity contribution in [3.05, 3.63) is 29.3 Å². The average molecular weight is 305 g/mol. The molecular weight excluding hydrogens is 278 g/mol. The van der Waals surface area contributed by atoms with Gasteiger partial charge in [-0.2, -0.15) is 0 Å². The highest BCUT2D eigenvalue weighted by molar-refractivity contribution is 5.70. The summed E-state index contributed by atoms with van der Waals surface area (Å²) in [5, 5.41) is 9.07. The maximum Gasteiger partial charge on any atom is 0.306 e. The van der Waals surface area contributed by atoms with Crippen LogP contribution in [0.5, 0.6) is 5.75 Å². The lowest BCUT2D eigenvalue weighted by molar-refractivity contribution is -0.143. The third kappa shape index (κ3) is 4.01. The first-order chi connectivity index (χ1) is 10.3. The van der Waals surface area contributed by atoms with Crippen LogP contribution in [0.25, 0.3) is 0 Å². The van der Waals surface area contributed by atoms with Crippen molar-refractivity contribution in [3.8, 4) is 5.75 Å². The molecule has 0 unspecified atom stereocenters. The number of hydrogen-bond donors (Lipinski definition) is 1. The largest absolute Gasteiger partial charge is 0.496 e. The first-order valence-corrected chi connectivity index (χ1v) is 7.94. The molecule has 0 radical (unpaired) electrons. The van der Waals surface area contributed by atoms with Gasteiger partial charge in [0.15, 0.2) is 0 Å². The predicted molar refractivity (Wildman–Crippen MR) is 87.3 cm³/mol. The molecule has 1 aromatic carbocycles. The zero-order chi connectivity index (χ0) is 16.3. The normalized spacial score (nSPS) is 17.5. The molecule has 0 atom stereocenters. The number of rotatable bonds is 4. The van der Waals surface area contributed by atoms with Gasteiger partial charge in [-0.3, -0.25) is 9.69 Å². The fourth-order valence-electron chi connectivity index (χ4n) is 3.04. The fourth-order valence-corrected chi connectivity index (χ4v) is 3.04. The Morgan fingerprint density at radius 1 is 1.32 bits per heavy atom. The van der Waals surface area contributed by atoms with E-state index in [9.17, 15) is 4.79 Å². The Morgan fingerprint density at radius 2 is 1.95 bits per heavy atom. The highest BCUT2D eigenvalue weighted by Crippen LogP contribution is 2.32. The van der Waals surface area contributed by atoms with Crippen LogP contribution in [-0.4, -0.2) is 36.2 Å². The molecule has 4 nitrogen and oxygen atoms in total. The molecule has 0 saturated carbocycles. The Labute approximate surface area is 133 Å². The molecular formula is C18H27NO3. The van der Waals surface area contributed by atoms with Gasteiger partial charge in [0.25, 0.3) is 0 Å². The molecule has 1 heterocycles. The first kappa shape index (κ1) is 16.8. The van der Waals surface area contributed by atoms with E-state index in [0.717, 1.165) is 38.2 Å². The lowest BCUT2D eigenvalue weighted by Crippen LogP contribution is -2.35. The van der Waals surface area contributed by atoms with E-state index in [0.29, 0.717) is 0 Å². The molecule has 22 heavy (non-hydrogen) atoms. The molecule has 1 aliphatic rings. The molecule has 0 spiro atoms. The molecule has 1 N–H and O–H groups in total. The van der Waals surface area contributed by atoms with E-state index in [1.165, 1.54) is 11.1 Å². The minimum absolute atomic E-state index is 0.0393. The summed E-state index contributed by atoms with van der Waals surface area (Å²) < 4.78 is 5.48. The van der Waals surface area contributed by atoms with Gasteiger partial charge in [0.2, 0.25) is 0 Å². The van der Waals surface area contributed by atoms with Gasteiger partial charge in [0.05, 0.1) is 13.0 Å². The smallest absolute Gasteiger partial charge is 0.306 e. The molecule has 0 aromatic heterocycles. The monoisotopic (exact) mass is 305 g/mol. The number of carbonyl (C=O) groups is 1. The third-order valence-corrected chi connectivity index (χ3v) is 4.41. The van der Waals surface area contributed by atoms with Crippen molar-refractivity contribution < 1.29 is 14.6 Å². The van der Waals surface area contributed by atoms with E-state index in [1.807, 2.05) is 6.07 Å². The van der Waals surface area contributed by atoms with Crippen LogP contribution in [0.15, 0.2) is 18.2 Å². The molecule has 2 rings (SSSR count). The molecule has 0 amide bonds. The van der Waals surface area contributed by atoms with E-state index < -0.39 is 5.97 Å². The Morgan fingerprint density at radius 3 is 2.45 bits per heavy atom. The molecule has 4 heteroatoms. The topological polar surface area (TPSA) is 49.8 Å². The summed E-state index contributed by atoms with van der Waals surface area (Å²) in [6.07, 6.45) is 1.50. The van der Waals surface area contributed by atoms with Crippen molar-refractivity contribution >= 4 is 5.97 Å². The molecule has 0 bridgehead atoms.